The Morgan fingerprint density at radius 2 is 2.25 bits per heavy atom. The van der Waals surface area contributed by atoms with Gasteiger partial charge in [0.15, 0.2) is 0 Å². The van der Waals surface area contributed by atoms with Gasteiger partial charge in [-0.2, -0.15) is 0 Å². The Hall–Kier alpha value is -1.81. The number of carboxylic acid groups (broad SMARTS) is 1. The van der Waals surface area contributed by atoms with Gasteiger partial charge in [-0.1, -0.05) is 38.0 Å². The van der Waals surface area contributed by atoms with Gasteiger partial charge in [0, 0.05) is 12.6 Å². The number of unbranched alkanes of at least 4 members (excludes halogenated alkanes) is 1. The largest absolute Gasteiger partial charge is 0.494 e. The molecule has 1 aliphatic heterocycles. The third-order valence-corrected chi connectivity index (χ3v) is 5.24. The molecule has 130 valence electrons. The Balaban J connectivity index is 1.69. The van der Waals surface area contributed by atoms with Crippen LogP contribution < -0.4 is 10.1 Å². The topological polar surface area (TPSA) is 58.6 Å². The Kier molecular flexibility index (Phi) is 5.24. The first-order valence-corrected chi connectivity index (χ1v) is 9.01. The van der Waals surface area contributed by atoms with E-state index in [1.165, 1.54) is 16.7 Å². The van der Waals surface area contributed by atoms with Gasteiger partial charge in [-0.3, -0.25) is 4.79 Å². The third-order valence-electron chi connectivity index (χ3n) is 5.24. The molecule has 0 radical (unpaired) electrons. The molecular weight excluding hydrogens is 302 g/mol. The van der Waals surface area contributed by atoms with Crippen molar-refractivity contribution in [3.05, 3.63) is 34.9 Å². The number of benzene rings is 1. The van der Waals surface area contributed by atoms with E-state index in [1.54, 1.807) is 0 Å². The standard InChI is InChI=1S/C20H27NO3/c1-3-4-7-24-17-6-5-14-9-15(13(2)8-16(14)10-17)11-19-18(12-21-19)20(22)23/h5-6,9-10,13,18-19,21H,3-4,7-8,11-12H2,1-2H3,(H,22,23)/t13-,18?,19?/m0/s1. The maximum absolute atomic E-state index is 11.2. The van der Waals surface area contributed by atoms with Gasteiger partial charge in [0.1, 0.15) is 5.75 Å². The molecule has 1 heterocycles. The summed E-state index contributed by atoms with van der Waals surface area (Å²) in [7, 11) is 0. The summed E-state index contributed by atoms with van der Waals surface area (Å²) in [5, 5.41) is 12.5. The summed E-state index contributed by atoms with van der Waals surface area (Å²) in [4.78, 5) is 11.2. The summed E-state index contributed by atoms with van der Waals surface area (Å²) in [5.41, 5.74) is 3.93. The van der Waals surface area contributed by atoms with E-state index < -0.39 is 5.97 Å². The molecule has 2 N–H and O–H groups in total. The minimum atomic E-state index is -0.683. The molecule has 2 unspecified atom stereocenters. The van der Waals surface area contributed by atoms with E-state index in [4.69, 9.17) is 4.74 Å². The molecule has 0 spiro atoms. The van der Waals surface area contributed by atoms with E-state index in [0.717, 1.165) is 38.0 Å². The highest BCUT2D eigenvalue weighted by atomic mass is 16.5. The highest BCUT2D eigenvalue weighted by Crippen LogP contribution is 2.34. The number of rotatable bonds is 7. The van der Waals surface area contributed by atoms with Crippen LogP contribution in [-0.2, 0) is 11.2 Å². The zero-order valence-electron chi connectivity index (χ0n) is 14.5. The molecule has 0 amide bonds. The predicted molar refractivity (Wildman–Crippen MR) is 95.2 cm³/mol. The molecular formula is C20H27NO3. The molecule has 3 rings (SSSR count). The normalized spacial score (nSPS) is 25.4. The quantitative estimate of drug-likeness (QED) is 0.752. The van der Waals surface area contributed by atoms with Gasteiger partial charge in [-0.05, 0) is 48.4 Å². The van der Waals surface area contributed by atoms with Gasteiger partial charge in [-0.15, -0.1) is 0 Å². The predicted octanol–water partition coefficient (Wildman–Crippen LogP) is 3.50. The molecule has 1 saturated heterocycles. The van der Waals surface area contributed by atoms with Crippen LogP contribution in [0, 0.1) is 11.8 Å². The number of carboxylic acids is 1. The van der Waals surface area contributed by atoms with E-state index in [2.05, 4.69) is 37.4 Å². The van der Waals surface area contributed by atoms with E-state index in [0.29, 0.717) is 12.5 Å². The lowest BCUT2D eigenvalue weighted by molar-refractivity contribution is -0.145. The summed E-state index contributed by atoms with van der Waals surface area (Å²) in [6.45, 7) is 5.76. The highest BCUT2D eigenvalue weighted by molar-refractivity contribution is 5.72. The first-order valence-electron chi connectivity index (χ1n) is 9.01. The molecule has 0 saturated carbocycles. The summed E-state index contributed by atoms with van der Waals surface area (Å²) in [5.74, 6) is 0.476. The molecule has 1 aromatic rings. The highest BCUT2D eigenvalue weighted by Gasteiger charge is 2.37. The second-order valence-electron chi connectivity index (χ2n) is 7.05. The average Bonchev–Trinajstić information content (AvgIpc) is 2.51. The lowest BCUT2D eigenvalue weighted by atomic mass is 9.78. The van der Waals surface area contributed by atoms with Gasteiger partial charge >= 0.3 is 5.97 Å². The van der Waals surface area contributed by atoms with Crippen molar-refractivity contribution in [3.63, 3.8) is 0 Å². The van der Waals surface area contributed by atoms with Gasteiger partial charge in [0.2, 0.25) is 0 Å². The van der Waals surface area contributed by atoms with Crippen molar-refractivity contribution in [1.29, 1.82) is 0 Å². The summed E-state index contributed by atoms with van der Waals surface area (Å²) in [6.07, 6.45) is 6.29. The molecule has 1 fully saturated rings. The van der Waals surface area contributed by atoms with Crippen molar-refractivity contribution in [1.82, 2.24) is 5.32 Å². The van der Waals surface area contributed by atoms with Gasteiger partial charge in [-0.25, -0.2) is 0 Å². The lowest BCUT2D eigenvalue weighted by Crippen LogP contribution is -2.56. The fraction of sp³-hybridized carbons (Fsp3) is 0.550. The van der Waals surface area contributed by atoms with Crippen LogP contribution in [0.1, 0.15) is 44.2 Å². The van der Waals surface area contributed by atoms with E-state index in [-0.39, 0.29) is 12.0 Å². The SMILES string of the molecule is CCCCOc1ccc2c(c1)C[C@H](C)C(CC1NCC1C(=O)O)=C2. The van der Waals surface area contributed by atoms with E-state index in [9.17, 15) is 9.90 Å². The molecule has 4 heteroatoms. The Bertz CT molecular complexity index is 638. The van der Waals surface area contributed by atoms with Crippen molar-refractivity contribution in [2.45, 2.75) is 45.6 Å². The van der Waals surface area contributed by atoms with Gasteiger partial charge in [0.25, 0.3) is 0 Å². The smallest absolute Gasteiger partial charge is 0.309 e. The Morgan fingerprint density at radius 3 is 2.92 bits per heavy atom. The minimum absolute atomic E-state index is 0.0781. The number of hydrogen-bond donors (Lipinski definition) is 2. The van der Waals surface area contributed by atoms with E-state index >= 15 is 0 Å². The summed E-state index contributed by atoms with van der Waals surface area (Å²) < 4.78 is 5.81. The summed E-state index contributed by atoms with van der Waals surface area (Å²) >= 11 is 0. The first-order chi connectivity index (χ1) is 11.6. The minimum Gasteiger partial charge on any atom is -0.494 e. The number of nitrogens with one attached hydrogen (secondary N) is 1. The van der Waals surface area contributed by atoms with Crippen molar-refractivity contribution in [3.8, 4) is 5.75 Å². The van der Waals surface area contributed by atoms with Crippen molar-refractivity contribution >= 4 is 12.0 Å². The molecule has 4 nitrogen and oxygen atoms in total. The van der Waals surface area contributed by atoms with Crippen molar-refractivity contribution in [2.75, 3.05) is 13.2 Å². The summed E-state index contributed by atoms with van der Waals surface area (Å²) in [6, 6.07) is 6.41. The molecule has 0 bridgehead atoms. The zero-order chi connectivity index (χ0) is 17.1. The van der Waals surface area contributed by atoms with Crippen LogP contribution in [0.25, 0.3) is 6.08 Å². The first kappa shape index (κ1) is 17.0. The average molecular weight is 329 g/mol. The monoisotopic (exact) mass is 329 g/mol. The maximum Gasteiger partial charge on any atom is 0.309 e. The van der Waals surface area contributed by atoms with E-state index in [1.807, 2.05) is 6.07 Å². The van der Waals surface area contributed by atoms with Crippen molar-refractivity contribution < 1.29 is 14.6 Å². The number of hydrogen-bond acceptors (Lipinski definition) is 3. The van der Waals surface area contributed by atoms with Crippen LogP contribution in [0.15, 0.2) is 23.8 Å². The maximum atomic E-state index is 11.2. The van der Waals surface area contributed by atoms with Crippen LogP contribution in [0.2, 0.25) is 0 Å². The van der Waals surface area contributed by atoms with Crippen LogP contribution in [-0.4, -0.2) is 30.3 Å². The molecule has 0 aromatic heterocycles. The Morgan fingerprint density at radius 1 is 1.42 bits per heavy atom. The molecule has 1 aliphatic carbocycles. The number of fused-ring (bicyclic) bond motifs is 1. The molecule has 2 aliphatic rings. The lowest BCUT2D eigenvalue weighted by Gasteiger charge is -2.37. The van der Waals surface area contributed by atoms with Gasteiger partial charge in [0.05, 0.1) is 12.5 Å². The van der Waals surface area contributed by atoms with Crippen LogP contribution in [0.5, 0.6) is 5.75 Å². The number of carbonyl (C=O) groups is 1. The van der Waals surface area contributed by atoms with Crippen LogP contribution in [0.4, 0.5) is 0 Å². The second kappa shape index (κ2) is 7.39. The zero-order valence-corrected chi connectivity index (χ0v) is 14.5. The second-order valence-corrected chi connectivity index (χ2v) is 7.05. The van der Waals surface area contributed by atoms with Crippen LogP contribution >= 0.6 is 0 Å². The number of ether oxygens (including phenoxy) is 1. The van der Waals surface area contributed by atoms with Gasteiger partial charge < -0.3 is 15.2 Å². The molecule has 3 atom stereocenters. The number of aliphatic carboxylic acids is 1. The fourth-order valence-electron chi connectivity index (χ4n) is 3.52. The molecule has 24 heavy (non-hydrogen) atoms. The van der Waals surface area contributed by atoms with Crippen LogP contribution in [0.3, 0.4) is 0 Å². The Labute approximate surface area is 143 Å². The molecule has 1 aromatic carbocycles. The third kappa shape index (κ3) is 3.64. The fourth-order valence-corrected chi connectivity index (χ4v) is 3.52. The van der Waals surface area contributed by atoms with Crippen molar-refractivity contribution in [2.24, 2.45) is 11.8 Å².